The minimum Gasteiger partial charge on any atom is -0.356 e. The van der Waals surface area contributed by atoms with Crippen molar-refractivity contribution in [2.24, 2.45) is 16.8 Å². The molecule has 21 heavy (non-hydrogen) atoms. The van der Waals surface area contributed by atoms with Crippen molar-refractivity contribution >= 4 is 29.9 Å². The molecular weight excluding hydrogens is 375 g/mol. The lowest BCUT2D eigenvalue weighted by Crippen LogP contribution is -2.47. The van der Waals surface area contributed by atoms with E-state index in [1.54, 1.807) is 0 Å². The van der Waals surface area contributed by atoms with Crippen molar-refractivity contribution in [1.29, 1.82) is 0 Å². The Balaban J connectivity index is 0.00000400. The van der Waals surface area contributed by atoms with E-state index in [0.717, 1.165) is 25.0 Å². The number of hydrogen-bond donors (Lipinski definition) is 2. The van der Waals surface area contributed by atoms with Crippen molar-refractivity contribution in [3.8, 4) is 0 Å². The highest BCUT2D eigenvalue weighted by molar-refractivity contribution is 14.0. The normalized spacial score (nSPS) is 23.5. The molecule has 0 radical (unpaired) electrons. The largest absolute Gasteiger partial charge is 0.356 e. The summed E-state index contributed by atoms with van der Waals surface area (Å²) in [5.74, 6) is 2.41. The number of nitrogens with zero attached hydrogens (tertiary/aromatic N) is 2. The first-order chi connectivity index (χ1) is 9.43. The van der Waals surface area contributed by atoms with E-state index in [1.165, 1.54) is 19.4 Å². The second-order valence-corrected chi connectivity index (χ2v) is 6.81. The lowest BCUT2D eigenvalue weighted by atomic mass is 10.1. The van der Waals surface area contributed by atoms with Gasteiger partial charge in [0.05, 0.1) is 0 Å². The van der Waals surface area contributed by atoms with Crippen LogP contribution in [0, 0.1) is 11.8 Å². The average Bonchev–Trinajstić information content (AvgIpc) is 2.74. The van der Waals surface area contributed by atoms with Gasteiger partial charge < -0.3 is 10.6 Å². The lowest BCUT2D eigenvalue weighted by Gasteiger charge is -2.22. The van der Waals surface area contributed by atoms with Crippen molar-refractivity contribution in [1.82, 2.24) is 15.5 Å². The molecule has 2 unspecified atom stereocenters. The second kappa shape index (κ2) is 10.6. The Morgan fingerprint density at radius 1 is 1.24 bits per heavy atom. The highest BCUT2D eigenvalue weighted by atomic mass is 127. The van der Waals surface area contributed by atoms with Crippen LogP contribution < -0.4 is 10.6 Å². The van der Waals surface area contributed by atoms with Crippen LogP contribution >= 0.6 is 24.0 Å². The molecule has 2 atom stereocenters. The SMILES string of the molecule is CN=C(NCCCC(C)C)NC1CN(C(C)C)CC1C.I. The van der Waals surface area contributed by atoms with Gasteiger partial charge in [-0.1, -0.05) is 20.8 Å². The summed E-state index contributed by atoms with van der Waals surface area (Å²) in [7, 11) is 1.86. The molecule has 0 aromatic heterocycles. The van der Waals surface area contributed by atoms with Gasteiger partial charge in [0.2, 0.25) is 0 Å². The van der Waals surface area contributed by atoms with Crippen molar-refractivity contribution in [2.75, 3.05) is 26.7 Å². The topological polar surface area (TPSA) is 39.7 Å². The molecule has 1 aliphatic heterocycles. The first-order valence-corrected chi connectivity index (χ1v) is 8.15. The Hall–Kier alpha value is -0.0400. The second-order valence-electron chi connectivity index (χ2n) is 6.81. The Bertz CT molecular complexity index is 305. The molecular formula is C16H35IN4. The predicted octanol–water partition coefficient (Wildman–Crippen LogP) is 2.93. The molecule has 1 saturated heterocycles. The van der Waals surface area contributed by atoms with Gasteiger partial charge in [0, 0.05) is 38.8 Å². The number of halogens is 1. The van der Waals surface area contributed by atoms with Crippen molar-refractivity contribution in [3.05, 3.63) is 0 Å². The molecule has 5 heteroatoms. The summed E-state index contributed by atoms with van der Waals surface area (Å²) in [4.78, 5) is 6.88. The molecule has 0 aromatic carbocycles. The van der Waals surface area contributed by atoms with Crippen LogP contribution in [0.2, 0.25) is 0 Å². The predicted molar refractivity (Wildman–Crippen MR) is 104 cm³/mol. The lowest BCUT2D eigenvalue weighted by molar-refractivity contribution is 0.265. The number of aliphatic imine (C=N–C) groups is 1. The van der Waals surface area contributed by atoms with Gasteiger partial charge in [-0.15, -0.1) is 24.0 Å². The molecule has 0 saturated carbocycles. The van der Waals surface area contributed by atoms with E-state index in [1.807, 2.05) is 7.05 Å². The molecule has 0 amide bonds. The maximum absolute atomic E-state index is 4.35. The van der Waals surface area contributed by atoms with Crippen LogP contribution in [-0.2, 0) is 0 Å². The van der Waals surface area contributed by atoms with Crippen molar-refractivity contribution in [3.63, 3.8) is 0 Å². The average molecular weight is 410 g/mol. The van der Waals surface area contributed by atoms with Crippen LogP contribution in [0.3, 0.4) is 0 Å². The number of nitrogens with one attached hydrogen (secondary N) is 2. The zero-order valence-corrected chi connectivity index (χ0v) is 17.0. The van der Waals surface area contributed by atoms with E-state index in [2.05, 4.69) is 55.1 Å². The number of hydrogen-bond acceptors (Lipinski definition) is 2. The van der Waals surface area contributed by atoms with Crippen LogP contribution in [0.15, 0.2) is 4.99 Å². The van der Waals surface area contributed by atoms with E-state index < -0.39 is 0 Å². The maximum Gasteiger partial charge on any atom is 0.191 e. The van der Waals surface area contributed by atoms with E-state index in [0.29, 0.717) is 18.0 Å². The molecule has 1 fully saturated rings. The minimum absolute atomic E-state index is 0. The summed E-state index contributed by atoms with van der Waals surface area (Å²) in [6.07, 6.45) is 2.47. The Kier molecular flexibility index (Phi) is 10.6. The zero-order valence-electron chi connectivity index (χ0n) is 14.6. The Morgan fingerprint density at radius 3 is 2.38 bits per heavy atom. The highest BCUT2D eigenvalue weighted by Gasteiger charge is 2.31. The maximum atomic E-state index is 4.35. The van der Waals surface area contributed by atoms with E-state index >= 15 is 0 Å². The molecule has 0 bridgehead atoms. The van der Waals surface area contributed by atoms with Gasteiger partial charge in [0.1, 0.15) is 0 Å². The van der Waals surface area contributed by atoms with Gasteiger partial charge in [0.15, 0.2) is 5.96 Å². The van der Waals surface area contributed by atoms with Crippen LogP contribution in [0.4, 0.5) is 0 Å². The molecule has 2 N–H and O–H groups in total. The van der Waals surface area contributed by atoms with Crippen LogP contribution in [0.5, 0.6) is 0 Å². The van der Waals surface area contributed by atoms with Gasteiger partial charge in [-0.3, -0.25) is 9.89 Å². The quantitative estimate of drug-likeness (QED) is 0.306. The van der Waals surface area contributed by atoms with Gasteiger partial charge >= 0.3 is 0 Å². The van der Waals surface area contributed by atoms with Crippen LogP contribution in [-0.4, -0.2) is 49.6 Å². The monoisotopic (exact) mass is 410 g/mol. The van der Waals surface area contributed by atoms with Gasteiger partial charge in [0.25, 0.3) is 0 Å². The molecule has 0 aromatic rings. The molecule has 0 aliphatic carbocycles. The summed E-state index contributed by atoms with van der Waals surface area (Å²) in [5.41, 5.74) is 0. The van der Waals surface area contributed by atoms with E-state index in [9.17, 15) is 0 Å². The number of rotatable bonds is 6. The fraction of sp³-hybridized carbons (Fsp3) is 0.938. The molecule has 0 spiro atoms. The third kappa shape index (κ3) is 7.68. The third-order valence-electron chi connectivity index (χ3n) is 4.17. The fourth-order valence-electron chi connectivity index (χ4n) is 2.70. The van der Waals surface area contributed by atoms with Crippen molar-refractivity contribution < 1.29 is 0 Å². The summed E-state index contributed by atoms with van der Waals surface area (Å²) in [6.45, 7) is 14.7. The molecule has 1 heterocycles. The van der Waals surface area contributed by atoms with Gasteiger partial charge in [-0.05, 0) is 38.5 Å². The van der Waals surface area contributed by atoms with Gasteiger partial charge in [-0.2, -0.15) is 0 Å². The molecule has 126 valence electrons. The van der Waals surface area contributed by atoms with E-state index in [4.69, 9.17) is 0 Å². The molecule has 4 nitrogen and oxygen atoms in total. The van der Waals surface area contributed by atoms with Gasteiger partial charge in [-0.25, -0.2) is 0 Å². The molecule has 1 rings (SSSR count). The number of guanidine groups is 1. The Morgan fingerprint density at radius 2 is 1.90 bits per heavy atom. The van der Waals surface area contributed by atoms with Crippen LogP contribution in [0.25, 0.3) is 0 Å². The zero-order chi connectivity index (χ0) is 15.1. The smallest absolute Gasteiger partial charge is 0.191 e. The highest BCUT2D eigenvalue weighted by Crippen LogP contribution is 2.18. The van der Waals surface area contributed by atoms with Crippen molar-refractivity contribution in [2.45, 2.75) is 59.5 Å². The minimum atomic E-state index is 0. The number of likely N-dealkylation sites (tertiary alicyclic amines) is 1. The Labute approximate surface area is 148 Å². The third-order valence-corrected chi connectivity index (χ3v) is 4.17. The first-order valence-electron chi connectivity index (χ1n) is 8.15. The van der Waals surface area contributed by atoms with E-state index in [-0.39, 0.29) is 24.0 Å². The summed E-state index contributed by atoms with van der Waals surface area (Å²) >= 11 is 0. The standard InChI is InChI=1S/C16H34N4.HI/c1-12(2)8-7-9-18-16(17-6)19-15-11-20(13(3)4)10-14(15)5;/h12-15H,7-11H2,1-6H3,(H2,17,18,19);1H. The first kappa shape index (κ1) is 21.0. The summed E-state index contributed by atoms with van der Waals surface area (Å²) < 4.78 is 0. The fourth-order valence-corrected chi connectivity index (χ4v) is 2.70. The molecule has 1 aliphatic rings. The van der Waals surface area contributed by atoms with Crippen LogP contribution in [0.1, 0.15) is 47.5 Å². The summed E-state index contributed by atoms with van der Waals surface area (Å²) in [6, 6.07) is 1.14. The summed E-state index contributed by atoms with van der Waals surface area (Å²) in [5, 5.41) is 7.02.